The summed E-state index contributed by atoms with van der Waals surface area (Å²) < 4.78 is 6.53. The predicted molar refractivity (Wildman–Crippen MR) is 63.2 cm³/mol. The van der Waals surface area contributed by atoms with Crippen LogP contribution in [0.2, 0.25) is 0 Å². The van der Waals surface area contributed by atoms with Gasteiger partial charge >= 0.3 is 0 Å². The minimum atomic E-state index is -0.400. The van der Waals surface area contributed by atoms with E-state index in [4.69, 9.17) is 0 Å². The van der Waals surface area contributed by atoms with Gasteiger partial charge in [0.15, 0.2) is 12.5 Å². The smallest absolute Gasteiger partial charge is 0.298 e. The topological polar surface area (TPSA) is 53.0 Å². The van der Waals surface area contributed by atoms with Gasteiger partial charge < -0.3 is 9.63 Å². The highest BCUT2D eigenvalue weighted by atomic mass is 79.9. The van der Waals surface area contributed by atoms with Crippen LogP contribution in [0.4, 0.5) is 0 Å². The summed E-state index contributed by atoms with van der Waals surface area (Å²) in [7, 11) is 0. The van der Waals surface area contributed by atoms with Gasteiger partial charge in [0.1, 0.15) is 0 Å². The Kier molecular flexibility index (Phi) is 4.52. The first kappa shape index (κ1) is 12.2. The van der Waals surface area contributed by atoms with E-state index in [9.17, 15) is 5.11 Å². The Morgan fingerprint density at radius 2 is 2.19 bits per heavy atom. The maximum atomic E-state index is 11.0. The Balaban J connectivity index is 1.73. The highest BCUT2D eigenvalue weighted by Gasteiger charge is 2.17. The third-order valence-electron chi connectivity index (χ3n) is 2.83. The number of thioether (sulfide) groups is 1. The van der Waals surface area contributed by atoms with Crippen molar-refractivity contribution in [3.8, 4) is 5.95 Å². The van der Waals surface area contributed by atoms with Gasteiger partial charge in [0.05, 0.1) is 11.0 Å². The zero-order chi connectivity index (χ0) is 11.4. The van der Waals surface area contributed by atoms with Gasteiger partial charge in [0, 0.05) is 21.2 Å². The quantitative estimate of drug-likeness (QED) is 0.797. The van der Waals surface area contributed by atoms with Crippen LogP contribution in [0, 0.1) is 0 Å². The molecule has 0 amide bonds. The number of aryl methyl sites for hydroxylation is 1. The molecule has 0 aliphatic heterocycles. The number of halogens is 1. The molecule has 0 unspecified atom stereocenters. The van der Waals surface area contributed by atoms with E-state index in [0.29, 0.717) is 4.60 Å². The molecule has 1 heterocycles. The van der Waals surface area contributed by atoms with Gasteiger partial charge in [-0.25, -0.2) is 0 Å². The molecule has 0 radical (unpaired) electrons. The lowest BCUT2D eigenvalue weighted by Gasteiger charge is -2.19. The zero-order valence-electron chi connectivity index (χ0n) is 9.02. The summed E-state index contributed by atoms with van der Waals surface area (Å²) in [5.74, 6) is 0.586. The van der Waals surface area contributed by atoms with Gasteiger partial charge in [0.2, 0.25) is 0 Å². The van der Waals surface area contributed by atoms with Gasteiger partial charge in [-0.05, 0) is 12.8 Å². The summed E-state index contributed by atoms with van der Waals surface area (Å²) in [6.45, 7) is 0.730. The number of rotatable bonds is 4. The Morgan fingerprint density at radius 3 is 2.81 bits per heavy atom. The van der Waals surface area contributed by atoms with Crippen LogP contribution in [0.15, 0.2) is 9.13 Å². The van der Waals surface area contributed by atoms with Crippen LogP contribution in [0.5, 0.6) is 5.95 Å². The lowest BCUT2D eigenvalue weighted by Crippen LogP contribution is -2.38. The molecule has 1 aliphatic carbocycles. The van der Waals surface area contributed by atoms with E-state index in [1.165, 1.54) is 32.1 Å². The van der Waals surface area contributed by atoms with Gasteiger partial charge in [-0.15, -0.1) is 0 Å². The molecule has 0 atom stereocenters. The van der Waals surface area contributed by atoms with Crippen molar-refractivity contribution >= 4 is 27.7 Å². The minimum Gasteiger partial charge on any atom is -0.538 e. The van der Waals surface area contributed by atoms with Crippen molar-refractivity contribution in [3.63, 3.8) is 0 Å². The summed E-state index contributed by atoms with van der Waals surface area (Å²) >= 11 is 5.15. The average molecular weight is 307 g/mol. The van der Waals surface area contributed by atoms with Crippen molar-refractivity contribution in [3.05, 3.63) is 4.60 Å². The van der Waals surface area contributed by atoms with E-state index in [2.05, 4.69) is 25.7 Å². The highest BCUT2D eigenvalue weighted by Crippen LogP contribution is 2.28. The lowest BCUT2D eigenvalue weighted by atomic mass is 10.0. The molecule has 16 heavy (non-hydrogen) atoms. The van der Waals surface area contributed by atoms with E-state index in [1.807, 2.05) is 11.8 Å². The second-order valence-corrected chi connectivity index (χ2v) is 6.16. The molecule has 90 valence electrons. The van der Waals surface area contributed by atoms with E-state index in [-0.39, 0.29) is 0 Å². The SMILES string of the molecule is [O-]c1on[n+](CCSC2CCCCC2)c1Br. The molecule has 1 aliphatic rings. The molecule has 0 spiro atoms. The second kappa shape index (κ2) is 5.91. The molecule has 0 saturated heterocycles. The van der Waals surface area contributed by atoms with Crippen molar-refractivity contribution in [1.29, 1.82) is 0 Å². The summed E-state index contributed by atoms with van der Waals surface area (Å²) in [6, 6.07) is 0. The lowest BCUT2D eigenvalue weighted by molar-refractivity contribution is -0.767. The molecule has 4 nitrogen and oxygen atoms in total. The summed E-state index contributed by atoms with van der Waals surface area (Å²) in [5, 5.41) is 15.5. The first-order valence-electron chi connectivity index (χ1n) is 5.61. The Bertz CT molecular complexity index is 340. The van der Waals surface area contributed by atoms with Crippen LogP contribution in [-0.2, 0) is 6.54 Å². The number of nitrogens with zero attached hydrogens (tertiary/aromatic N) is 2. The monoisotopic (exact) mass is 306 g/mol. The number of aromatic nitrogens is 2. The molecule has 0 bridgehead atoms. The molecule has 0 aromatic carbocycles. The van der Waals surface area contributed by atoms with Crippen LogP contribution < -0.4 is 9.79 Å². The Labute approximate surface area is 107 Å². The van der Waals surface area contributed by atoms with Crippen molar-refractivity contribution in [2.75, 3.05) is 5.75 Å². The van der Waals surface area contributed by atoms with Gasteiger partial charge in [-0.2, -0.15) is 11.8 Å². The van der Waals surface area contributed by atoms with Crippen LogP contribution in [0.25, 0.3) is 0 Å². The Hall–Kier alpha value is -0.230. The Morgan fingerprint density at radius 1 is 1.44 bits per heavy atom. The first-order chi connectivity index (χ1) is 7.77. The molecule has 1 fully saturated rings. The first-order valence-corrected chi connectivity index (χ1v) is 7.45. The van der Waals surface area contributed by atoms with Crippen LogP contribution in [-0.4, -0.2) is 16.3 Å². The van der Waals surface area contributed by atoms with Gasteiger partial charge in [-0.3, -0.25) is 0 Å². The summed E-state index contributed by atoms with van der Waals surface area (Å²) in [4.78, 5) is 0. The summed E-state index contributed by atoms with van der Waals surface area (Å²) in [5.41, 5.74) is 0. The van der Waals surface area contributed by atoms with E-state index < -0.39 is 5.95 Å². The standard InChI is InChI=1S/C10H15BrN2O2S/c11-9-10(14)15-12-13(9)6-7-16-8-4-2-1-3-5-8/h8H,1-7H2. The van der Waals surface area contributed by atoms with Crippen LogP contribution >= 0.6 is 27.7 Å². The van der Waals surface area contributed by atoms with E-state index in [0.717, 1.165) is 17.5 Å². The van der Waals surface area contributed by atoms with Crippen LogP contribution in [0.1, 0.15) is 32.1 Å². The molecule has 1 saturated carbocycles. The maximum absolute atomic E-state index is 11.0. The molecular formula is C10H15BrN2O2S. The largest absolute Gasteiger partial charge is 0.538 e. The second-order valence-electron chi connectivity index (χ2n) is 4.01. The van der Waals surface area contributed by atoms with Crippen molar-refractivity contribution in [2.45, 2.75) is 43.9 Å². The third kappa shape index (κ3) is 3.13. The number of hydrogen-bond donors (Lipinski definition) is 0. The van der Waals surface area contributed by atoms with Gasteiger partial charge in [0.25, 0.3) is 4.60 Å². The van der Waals surface area contributed by atoms with Crippen LogP contribution in [0.3, 0.4) is 0 Å². The van der Waals surface area contributed by atoms with Gasteiger partial charge in [-0.1, -0.05) is 23.9 Å². The fraction of sp³-hybridized carbons (Fsp3) is 0.800. The maximum Gasteiger partial charge on any atom is 0.298 e. The highest BCUT2D eigenvalue weighted by molar-refractivity contribution is 9.10. The van der Waals surface area contributed by atoms with Crippen molar-refractivity contribution in [2.24, 2.45) is 0 Å². The normalized spacial score (nSPS) is 17.8. The predicted octanol–water partition coefficient (Wildman–Crippen LogP) is 1.86. The molecule has 0 N–H and O–H groups in total. The molecule has 1 aromatic heterocycles. The minimum absolute atomic E-state index is 0.400. The third-order valence-corrected chi connectivity index (χ3v) is 4.92. The van der Waals surface area contributed by atoms with Crippen molar-refractivity contribution < 1.29 is 14.3 Å². The van der Waals surface area contributed by atoms with E-state index in [1.54, 1.807) is 4.68 Å². The number of hydrogen-bond acceptors (Lipinski definition) is 4. The molecule has 1 aromatic rings. The van der Waals surface area contributed by atoms with Crippen molar-refractivity contribution in [1.82, 2.24) is 5.27 Å². The van der Waals surface area contributed by atoms with E-state index >= 15 is 0 Å². The summed E-state index contributed by atoms with van der Waals surface area (Å²) in [6.07, 6.45) is 6.79. The molecule has 6 heteroatoms. The molecular weight excluding hydrogens is 292 g/mol. The fourth-order valence-corrected chi connectivity index (χ4v) is 3.53. The fourth-order valence-electron chi connectivity index (χ4n) is 1.94. The average Bonchev–Trinajstić information content (AvgIpc) is 2.62. The molecule has 2 rings (SSSR count). The zero-order valence-corrected chi connectivity index (χ0v) is 11.4.